The third-order valence-electron chi connectivity index (χ3n) is 2.27. The van der Waals surface area contributed by atoms with Gasteiger partial charge in [0.2, 0.25) is 0 Å². The third-order valence-corrected chi connectivity index (χ3v) is 3.67. The Balaban J connectivity index is 2.30. The fraction of sp³-hybridized carbons (Fsp3) is 0.0833. The molecule has 2 aromatic rings. The molecule has 0 bridgehead atoms. The zero-order valence-electron chi connectivity index (χ0n) is 9.59. The van der Waals surface area contributed by atoms with Crippen LogP contribution >= 0.6 is 0 Å². The summed E-state index contributed by atoms with van der Waals surface area (Å²) < 4.78 is 39.1. The standard InChI is InChI=1S/C12H11FN2O2S/c1-9-8-11(6-7-14-9)15-18(16,17)12-4-2-10(13)3-5-12/h2-8H,1H3,(H,14,15). The lowest BCUT2D eigenvalue weighted by molar-refractivity contribution is 0.599. The van der Waals surface area contributed by atoms with Crippen molar-refractivity contribution in [2.24, 2.45) is 0 Å². The van der Waals surface area contributed by atoms with E-state index in [1.54, 1.807) is 19.1 Å². The second-order valence-corrected chi connectivity index (χ2v) is 5.43. The minimum atomic E-state index is -3.69. The van der Waals surface area contributed by atoms with E-state index in [-0.39, 0.29) is 4.90 Å². The van der Waals surface area contributed by atoms with Gasteiger partial charge in [-0.3, -0.25) is 9.71 Å². The largest absolute Gasteiger partial charge is 0.280 e. The molecule has 1 N–H and O–H groups in total. The van der Waals surface area contributed by atoms with Gasteiger partial charge in [0.05, 0.1) is 10.6 Å². The lowest BCUT2D eigenvalue weighted by Gasteiger charge is -2.08. The molecular formula is C12H11FN2O2S. The van der Waals surface area contributed by atoms with Gasteiger partial charge in [0.25, 0.3) is 10.0 Å². The van der Waals surface area contributed by atoms with E-state index >= 15 is 0 Å². The average Bonchev–Trinajstić information content (AvgIpc) is 2.29. The van der Waals surface area contributed by atoms with Crippen molar-refractivity contribution < 1.29 is 12.8 Å². The van der Waals surface area contributed by atoms with Gasteiger partial charge in [-0.05, 0) is 43.3 Å². The van der Waals surface area contributed by atoms with Crippen LogP contribution in [0.5, 0.6) is 0 Å². The summed E-state index contributed by atoms with van der Waals surface area (Å²) in [5.41, 5.74) is 1.13. The first kappa shape index (κ1) is 12.5. The number of hydrogen-bond acceptors (Lipinski definition) is 3. The van der Waals surface area contributed by atoms with Crippen LogP contribution in [0.15, 0.2) is 47.5 Å². The molecule has 0 aliphatic carbocycles. The Labute approximate surface area is 105 Å². The number of aryl methyl sites for hydroxylation is 1. The van der Waals surface area contributed by atoms with Crippen molar-refractivity contribution in [1.82, 2.24) is 4.98 Å². The van der Waals surface area contributed by atoms with Crippen molar-refractivity contribution in [3.05, 3.63) is 54.1 Å². The van der Waals surface area contributed by atoms with Crippen molar-refractivity contribution in [2.45, 2.75) is 11.8 Å². The smallest absolute Gasteiger partial charge is 0.261 e. The normalized spacial score (nSPS) is 11.2. The summed E-state index contributed by atoms with van der Waals surface area (Å²) in [6, 6.07) is 7.80. The molecule has 0 radical (unpaired) electrons. The molecule has 2 rings (SSSR count). The van der Waals surface area contributed by atoms with Crippen molar-refractivity contribution in [3.8, 4) is 0 Å². The lowest BCUT2D eigenvalue weighted by atomic mass is 10.3. The number of halogens is 1. The van der Waals surface area contributed by atoms with Crippen LogP contribution in [0, 0.1) is 12.7 Å². The Morgan fingerprint density at radius 3 is 2.44 bits per heavy atom. The molecule has 18 heavy (non-hydrogen) atoms. The SMILES string of the molecule is Cc1cc(NS(=O)(=O)c2ccc(F)cc2)ccn1. The van der Waals surface area contributed by atoms with Gasteiger partial charge in [-0.25, -0.2) is 12.8 Å². The van der Waals surface area contributed by atoms with Gasteiger partial charge >= 0.3 is 0 Å². The molecule has 0 unspecified atom stereocenters. The maximum Gasteiger partial charge on any atom is 0.261 e. The summed E-state index contributed by atoms with van der Waals surface area (Å²) in [5.74, 6) is -0.478. The van der Waals surface area contributed by atoms with E-state index in [1.807, 2.05) is 0 Å². The molecule has 1 heterocycles. The summed E-state index contributed by atoms with van der Waals surface area (Å²) in [6.07, 6.45) is 1.51. The van der Waals surface area contributed by atoms with Crippen LogP contribution in [0.4, 0.5) is 10.1 Å². The van der Waals surface area contributed by atoms with Gasteiger partial charge < -0.3 is 0 Å². The predicted molar refractivity (Wildman–Crippen MR) is 66.2 cm³/mol. The highest BCUT2D eigenvalue weighted by Crippen LogP contribution is 2.16. The third kappa shape index (κ3) is 2.84. The van der Waals surface area contributed by atoms with Gasteiger partial charge in [-0.2, -0.15) is 0 Å². The van der Waals surface area contributed by atoms with Gasteiger partial charge in [-0.15, -0.1) is 0 Å². The van der Waals surface area contributed by atoms with Crippen LogP contribution in [-0.4, -0.2) is 13.4 Å². The molecule has 0 amide bonds. The predicted octanol–water partition coefficient (Wildman–Crippen LogP) is 2.33. The summed E-state index contributed by atoms with van der Waals surface area (Å²) in [7, 11) is -3.69. The number of nitrogens with one attached hydrogen (secondary N) is 1. The highest BCUT2D eigenvalue weighted by molar-refractivity contribution is 7.92. The van der Waals surface area contributed by atoms with Crippen molar-refractivity contribution in [2.75, 3.05) is 4.72 Å². The quantitative estimate of drug-likeness (QED) is 0.927. The Morgan fingerprint density at radius 2 is 1.83 bits per heavy atom. The van der Waals surface area contributed by atoms with Gasteiger partial charge in [-0.1, -0.05) is 0 Å². The van der Waals surface area contributed by atoms with Crippen LogP contribution < -0.4 is 4.72 Å². The molecule has 1 aromatic heterocycles. The maximum absolute atomic E-state index is 12.7. The Morgan fingerprint density at radius 1 is 1.17 bits per heavy atom. The number of benzene rings is 1. The van der Waals surface area contributed by atoms with Crippen molar-refractivity contribution >= 4 is 15.7 Å². The summed E-state index contributed by atoms with van der Waals surface area (Å²) in [5, 5.41) is 0. The average molecular weight is 266 g/mol. The van der Waals surface area contributed by atoms with Gasteiger partial charge in [0, 0.05) is 11.9 Å². The molecule has 0 saturated carbocycles. The van der Waals surface area contributed by atoms with E-state index in [0.717, 1.165) is 12.1 Å². The number of rotatable bonds is 3. The Bertz CT molecular complexity index is 654. The molecule has 94 valence electrons. The fourth-order valence-electron chi connectivity index (χ4n) is 1.44. The van der Waals surface area contributed by atoms with E-state index in [2.05, 4.69) is 9.71 Å². The van der Waals surface area contributed by atoms with E-state index < -0.39 is 15.8 Å². The van der Waals surface area contributed by atoms with Crippen LogP contribution in [0.3, 0.4) is 0 Å². The number of anilines is 1. The highest BCUT2D eigenvalue weighted by Gasteiger charge is 2.13. The molecule has 6 heteroatoms. The minimum Gasteiger partial charge on any atom is -0.280 e. The molecule has 0 aliphatic rings. The van der Waals surface area contributed by atoms with E-state index in [4.69, 9.17) is 0 Å². The Kier molecular flexibility index (Phi) is 3.29. The number of sulfonamides is 1. The number of pyridine rings is 1. The summed E-state index contributed by atoms with van der Waals surface area (Å²) in [6.45, 7) is 1.76. The van der Waals surface area contributed by atoms with Gasteiger partial charge in [0.15, 0.2) is 0 Å². The van der Waals surface area contributed by atoms with Crippen LogP contribution in [0.2, 0.25) is 0 Å². The monoisotopic (exact) mass is 266 g/mol. The molecule has 1 aromatic carbocycles. The summed E-state index contributed by atoms with van der Waals surface area (Å²) in [4.78, 5) is 3.98. The zero-order chi connectivity index (χ0) is 13.2. The first-order chi connectivity index (χ1) is 8.47. The first-order valence-electron chi connectivity index (χ1n) is 5.18. The van der Waals surface area contributed by atoms with Crippen LogP contribution in [0.1, 0.15) is 5.69 Å². The Hall–Kier alpha value is -1.95. The van der Waals surface area contributed by atoms with Gasteiger partial charge in [0.1, 0.15) is 5.82 Å². The highest BCUT2D eigenvalue weighted by atomic mass is 32.2. The van der Waals surface area contributed by atoms with Crippen LogP contribution in [-0.2, 0) is 10.0 Å². The molecule has 0 saturated heterocycles. The molecule has 0 fully saturated rings. The fourth-order valence-corrected chi connectivity index (χ4v) is 2.49. The van der Waals surface area contributed by atoms with Crippen molar-refractivity contribution in [3.63, 3.8) is 0 Å². The molecule has 0 aliphatic heterocycles. The summed E-state index contributed by atoms with van der Waals surface area (Å²) >= 11 is 0. The van der Waals surface area contributed by atoms with E-state index in [0.29, 0.717) is 11.4 Å². The second-order valence-electron chi connectivity index (χ2n) is 3.75. The van der Waals surface area contributed by atoms with Crippen LogP contribution in [0.25, 0.3) is 0 Å². The topological polar surface area (TPSA) is 59.1 Å². The lowest BCUT2D eigenvalue weighted by Crippen LogP contribution is -2.13. The van der Waals surface area contributed by atoms with E-state index in [1.165, 1.54) is 18.3 Å². The minimum absolute atomic E-state index is 0.0124. The molecule has 0 spiro atoms. The molecular weight excluding hydrogens is 255 g/mol. The second kappa shape index (κ2) is 4.73. The van der Waals surface area contributed by atoms with Crippen molar-refractivity contribution in [1.29, 1.82) is 0 Å². The zero-order valence-corrected chi connectivity index (χ0v) is 10.4. The molecule has 0 atom stereocenters. The number of hydrogen-bond donors (Lipinski definition) is 1. The van der Waals surface area contributed by atoms with E-state index in [9.17, 15) is 12.8 Å². The maximum atomic E-state index is 12.7. The number of nitrogens with zero attached hydrogens (tertiary/aromatic N) is 1. The molecule has 4 nitrogen and oxygen atoms in total. The first-order valence-corrected chi connectivity index (χ1v) is 6.67. The number of aromatic nitrogens is 1.